The molecular weight excluding hydrogens is 226 g/mol. The summed E-state index contributed by atoms with van der Waals surface area (Å²) in [5.41, 5.74) is 3.41. The molecule has 1 aliphatic rings. The van der Waals surface area contributed by atoms with Crippen molar-refractivity contribution in [1.29, 1.82) is 0 Å². The average Bonchev–Trinajstić information content (AvgIpc) is 2.34. The lowest BCUT2D eigenvalue weighted by Crippen LogP contribution is -2.48. The third-order valence-electron chi connectivity index (χ3n) is 3.58. The topological polar surface area (TPSA) is 37.4 Å². The Morgan fingerprint density at radius 2 is 2.28 bits per heavy atom. The second-order valence-corrected chi connectivity index (χ2v) is 5.14. The van der Waals surface area contributed by atoms with E-state index < -0.39 is 0 Å². The van der Waals surface area contributed by atoms with E-state index in [9.17, 15) is 0 Å². The van der Waals surface area contributed by atoms with Crippen LogP contribution in [0.25, 0.3) is 0 Å². The summed E-state index contributed by atoms with van der Waals surface area (Å²) in [6, 6.07) is 0.561. The lowest BCUT2D eigenvalue weighted by molar-refractivity contribution is 0.197. The number of pyridine rings is 1. The molecule has 1 aromatic rings. The van der Waals surface area contributed by atoms with E-state index in [1.54, 1.807) is 7.11 Å². The molecule has 4 heteroatoms. The molecule has 2 heterocycles. The molecule has 1 aliphatic heterocycles. The van der Waals surface area contributed by atoms with Crippen LogP contribution < -0.4 is 10.1 Å². The van der Waals surface area contributed by atoms with Gasteiger partial charge in [0.2, 0.25) is 0 Å². The molecule has 0 saturated carbocycles. The normalized spacial score (nSPS) is 21.0. The van der Waals surface area contributed by atoms with Crippen molar-refractivity contribution < 1.29 is 4.74 Å². The maximum absolute atomic E-state index is 5.46. The third-order valence-corrected chi connectivity index (χ3v) is 3.58. The molecule has 1 N–H and O–H groups in total. The summed E-state index contributed by atoms with van der Waals surface area (Å²) in [7, 11) is 1.73. The van der Waals surface area contributed by atoms with E-state index in [0.29, 0.717) is 6.04 Å². The molecule has 0 amide bonds. The van der Waals surface area contributed by atoms with Gasteiger partial charge in [-0.3, -0.25) is 9.88 Å². The van der Waals surface area contributed by atoms with Gasteiger partial charge in [-0.25, -0.2) is 0 Å². The molecule has 4 nitrogen and oxygen atoms in total. The van der Waals surface area contributed by atoms with Gasteiger partial charge >= 0.3 is 0 Å². The number of ether oxygens (including phenoxy) is 1. The maximum atomic E-state index is 5.46. The highest BCUT2D eigenvalue weighted by Crippen LogP contribution is 2.24. The van der Waals surface area contributed by atoms with Crippen LogP contribution >= 0.6 is 0 Å². The van der Waals surface area contributed by atoms with Gasteiger partial charge in [-0.05, 0) is 20.8 Å². The zero-order valence-corrected chi connectivity index (χ0v) is 11.8. The first-order valence-corrected chi connectivity index (χ1v) is 6.56. The molecule has 1 aromatic heterocycles. The van der Waals surface area contributed by atoms with Crippen LogP contribution in [0.2, 0.25) is 0 Å². The van der Waals surface area contributed by atoms with Crippen molar-refractivity contribution in [3.05, 3.63) is 23.0 Å². The zero-order chi connectivity index (χ0) is 13.1. The van der Waals surface area contributed by atoms with Crippen LogP contribution in [-0.4, -0.2) is 42.7 Å². The van der Waals surface area contributed by atoms with Gasteiger partial charge in [-0.2, -0.15) is 0 Å². The van der Waals surface area contributed by atoms with Crippen LogP contribution in [0.1, 0.15) is 23.7 Å². The molecule has 0 spiro atoms. The Kier molecular flexibility index (Phi) is 4.19. The van der Waals surface area contributed by atoms with Crippen LogP contribution in [0.4, 0.5) is 0 Å². The Bertz CT molecular complexity index is 420. The molecule has 1 unspecified atom stereocenters. The average molecular weight is 249 g/mol. The number of hydrogen-bond acceptors (Lipinski definition) is 4. The van der Waals surface area contributed by atoms with Crippen molar-refractivity contribution in [2.45, 2.75) is 33.4 Å². The van der Waals surface area contributed by atoms with Crippen LogP contribution in [-0.2, 0) is 6.54 Å². The molecule has 0 aliphatic carbocycles. The van der Waals surface area contributed by atoms with Crippen LogP contribution in [0.5, 0.6) is 5.75 Å². The number of nitrogens with zero attached hydrogens (tertiary/aromatic N) is 2. The first-order valence-electron chi connectivity index (χ1n) is 6.56. The summed E-state index contributed by atoms with van der Waals surface area (Å²) < 4.78 is 5.46. The molecule has 1 saturated heterocycles. The Morgan fingerprint density at radius 3 is 2.94 bits per heavy atom. The van der Waals surface area contributed by atoms with Crippen molar-refractivity contribution in [2.24, 2.45) is 0 Å². The van der Waals surface area contributed by atoms with Crippen molar-refractivity contribution in [3.8, 4) is 5.75 Å². The van der Waals surface area contributed by atoms with E-state index in [1.807, 2.05) is 13.1 Å². The lowest BCUT2D eigenvalue weighted by atomic mass is 10.1. The number of hydrogen-bond donors (Lipinski definition) is 1. The fourth-order valence-electron chi connectivity index (χ4n) is 2.60. The predicted octanol–water partition coefficient (Wildman–Crippen LogP) is 1.50. The van der Waals surface area contributed by atoms with Gasteiger partial charge in [0, 0.05) is 49.5 Å². The molecule has 1 atom stereocenters. The van der Waals surface area contributed by atoms with Crippen molar-refractivity contribution in [3.63, 3.8) is 0 Å². The van der Waals surface area contributed by atoms with Crippen LogP contribution in [0.15, 0.2) is 6.20 Å². The third kappa shape index (κ3) is 2.82. The number of aryl methyl sites for hydroxylation is 1. The van der Waals surface area contributed by atoms with E-state index in [2.05, 4.69) is 29.0 Å². The fraction of sp³-hybridized carbons (Fsp3) is 0.643. The van der Waals surface area contributed by atoms with Crippen LogP contribution in [0, 0.1) is 13.8 Å². The van der Waals surface area contributed by atoms with Gasteiger partial charge in [-0.15, -0.1) is 0 Å². The minimum Gasteiger partial charge on any atom is -0.496 e. The van der Waals surface area contributed by atoms with Gasteiger partial charge in [0.25, 0.3) is 0 Å². The van der Waals surface area contributed by atoms with E-state index in [0.717, 1.165) is 43.2 Å². The monoisotopic (exact) mass is 249 g/mol. The Balaban J connectivity index is 2.14. The Labute approximate surface area is 109 Å². The Morgan fingerprint density at radius 1 is 1.50 bits per heavy atom. The second kappa shape index (κ2) is 5.67. The summed E-state index contributed by atoms with van der Waals surface area (Å²) in [4.78, 5) is 7.01. The SMILES string of the molecule is COc1c(C)cnc(CN2CCNC(C)C2)c1C. The summed E-state index contributed by atoms with van der Waals surface area (Å²) in [6.45, 7) is 10.5. The van der Waals surface area contributed by atoms with Gasteiger partial charge in [0.1, 0.15) is 5.75 Å². The van der Waals surface area contributed by atoms with Crippen molar-refractivity contribution >= 4 is 0 Å². The zero-order valence-electron chi connectivity index (χ0n) is 11.8. The molecule has 1 fully saturated rings. The van der Waals surface area contributed by atoms with E-state index in [1.165, 1.54) is 5.56 Å². The number of aromatic nitrogens is 1. The lowest BCUT2D eigenvalue weighted by Gasteiger charge is -2.32. The van der Waals surface area contributed by atoms with Gasteiger partial charge in [-0.1, -0.05) is 0 Å². The van der Waals surface area contributed by atoms with Crippen LogP contribution in [0.3, 0.4) is 0 Å². The number of rotatable bonds is 3. The largest absolute Gasteiger partial charge is 0.496 e. The van der Waals surface area contributed by atoms with E-state index in [-0.39, 0.29) is 0 Å². The van der Waals surface area contributed by atoms with Crippen molar-refractivity contribution in [2.75, 3.05) is 26.7 Å². The van der Waals surface area contributed by atoms with Gasteiger partial charge < -0.3 is 10.1 Å². The fourth-order valence-corrected chi connectivity index (χ4v) is 2.60. The molecule has 0 radical (unpaired) electrons. The highest BCUT2D eigenvalue weighted by molar-refractivity contribution is 5.41. The number of piperazine rings is 1. The number of methoxy groups -OCH3 is 1. The highest BCUT2D eigenvalue weighted by Gasteiger charge is 2.18. The summed E-state index contributed by atoms with van der Waals surface area (Å²) in [6.07, 6.45) is 1.91. The smallest absolute Gasteiger partial charge is 0.128 e. The van der Waals surface area contributed by atoms with Gasteiger partial charge in [0.15, 0.2) is 0 Å². The molecule has 2 rings (SSSR count). The highest BCUT2D eigenvalue weighted by atomic mass is 16.5. The summed E-state index contributed by atoms with van der Waals surface area (Å²) >= 11 is 0. The molecule has 0 aromatic carbocycles. The molecule has 0 bridgehead atoms. The standard InChI is InChI=1S/C14H23N3O/c1-10-7-16-13(12(3)14(10)18-4)9-17-6-5-15-11(2)8-17/h7,11,15H,5-6,8-9H2,1-4H3. The van der Waals surface area contributed by atoms with Gasteiger partial charge in [0.05, 0.1) is 12.8 Å². The summed E-state index contributed by atoms with van der Waals surface area (Å²) in [5, 5.41) is 3.46. The maximum Gasteiger partial charge on any atom is 0.128 e. The van der Waals surface area contributed by atoms with Crippen molar-refractivity contribution in [1.82, 2.24) is 15.2 Å². The quantitative estimate of drug-likeness (QED) is 0.881. The first kappa shape index (κ1) is 13.3. The predicted molar refractivity (Wildman–Crippen MR) is 73.0 cm³/mol. The minimum atomic E-state index is 0.561. The van der Waals surface area contributed by atoms with E-state index >= 15 is 0 Å². The number of nitrogens with one attached hydrogen (secondary N) is 1. The molecule has 18 heavy (non-hydrogen) atoms. The summed E-state index contributed by atoms with van der Waals surface area (Å²) in [5.74, 6) is 0.975. The first-order chi connectivity index (χ1) is 8.61. The minimum absolute atomic E-state index is 0.561. The molecular formula is C14H23N3O. The molecule has 100 valence electrons. The Hall–Kier alpha value is -1.13. The second-order valence-electron chi connectivity index (χ2n) is 5.14. The van der Waals surface area contributed by atoms with E-state index in [4.69, 9.17) is 4.74 Å².